The largest absolute Gasteiger partial charge is 0.497 e. The van der Waals surface area contributed by atoms with Crippen LogP contribution in [-0.2, 0) is 15.1 Å². The van der Waals surface area contributed by atoms with Gasteiger partial charge in [-0.05, 0) is 28.8 Å². The molecule has 2 N–H and O–H groups in total. The van der Waals surface area contributed by atoms with Gasteiger partial charge in [-0.3, -0.25) is 14.3 Å². The molecular weight excluding hydrogens is 496 g/mol. The first kappa shape index (κ1) is 26.2. The topological polar surface area (TPSA) is 103 Å². The molecule has 39 heavy (non-hydrogen) atoms. The minimum Gasteiger partial charge on any atom is -0.497 e. The van der Waals surface area contributed by atoms with Gasteiger partial charge in [0.2, 0.25) is 0 Å². The zero-order valence-corrected chi connectivity index (χ0v) is 21.3. The number of H-pyrrole nitrogens is 1. The van der Waals surface area contributed by atoms with E-state index in [1.54, 1.807) is 7.11 Å². The molecule has 8 nitrogen and oxygen atoms in total. The molecule has 0 aliphatic carbocycles. The number of terminal acetylenes is 1. The van der Waals surface area contributed by atoms with E-state index in [2.05, 4.69) is 10.9 Å². The summed E-state index contributed by atoms with van der Waals surface area (Å²) in [7, 11) is 1.61. The van der Waals surface area contributed by atoms with E-state index in [1.807, 2.05) is 84.9 Å². The maximum absolute atomic E-state index is 12.5. The average molecular weight is 525 g/mol. The lowest BCUT2D eigenvalue weighted by Gasteiger charge is -2.37. The van der Waals surface area contributed by atoms with Gasteiger partial charge in [-0.2, -0.15) is 0 Å². The molecule has 0 unspecified atom stereocenters. The molecular formula is C31H28N2O6. The van der Waals surface area contributed by atoms with Crippen molar-refractivity contribution >= 4 is 0 Å². The van der Waals surface area contributed by atoms with Crippen LogP contribution in [0.25, 0.3) is 0 Å². The molecule has 1 aliphatic rings. The Kier molecular flexibility index (Phi) is 7.48. The number of nitrogens with zero attached hydrogens (tertiary/aromatic N) is 1. The fourth-order valence-corrected chi connectivity index (χ4v) is 4.97. The molecule has 1 fully saturated rings. The van der Waals surface area contributed by atoms with Crippen LogP contribution in [0.1, 0.15) is 34.9 Å². The third kappa shape index (κ3) is 5.03. The van der Waals surface area contributed by atoms with Crippen molar-refractivity contribution in [3.8, 4) is 18.1 Å². The molecule has 0 amide bonds. The SMILES string of the molecule is C#Cc1cn([C@H]2C[C@@H](O)[C@@H](COC(c3ccccc3)(c3ccccc3)c3ccc(OC)cc3)O2)c(=O)[nH]c1=O. The van der Waals surface area contributed by atoms with Crippen LogP contribution in [0, 0.1) is 12.3 Å². The van der Waals surface area contributed by atoms with E-state index in [9.17, 15) is 14.7 Å². The first-order chi connectivity index (χ1) is 19.0. The second kappa shape index (κ2) is 11.1. The number of aliphatic hydroxyl groups excluding tert-OH is 1. The Hall–Kier alpha value is -4.42. The van der Waals surface area contributed by atoms with Crippen molar-refractivity contribution in [1.82, 2.24) is 9.55 Å². The summed E-state index contributed by atoms with van der Waals surface area (Å²) in [6.07, 6.45) is 4.29. The number of methoxy groups -OCH3 is 1. The highest BCUT2D eigenvalue weighted by atomic mass is 16.6. The maximum atomic E-state index is 12.5. The molecule has 3 atom stereocenters. The van der Waals surface area contributed by atoms with Crippen molar-refractivity contribution in [3.05, 3.63) is 134 Å². The summed E-state index contributed by atoms with van der Waals surface area (Å²) in [5.74, 6) is 2.97. The van der Waals surface area contributed by atoms with Gasteiger partial charge < -0.3 is 19.3 Å². The molecule has 5 rings (SSSR count). The Bertz CT molecular complexity index is 1530. The lowest BCUT2D eigenvalue weighted by molar-refractivity contribution is -0.0944. The van der Waals surface area contributed by atoms with Gasteiger partial charge in [0.25, 0.3) is 5.56 Å². The molecule has 1 aromatic heterocycles. The van der Waals surface area contributed by atoms with Gasteiger partial charge in [-0.25, -0.2) is 4.79 Å². The van der Waals surface area contributed by atoms with E-state index in [1.165, 1.54) is 10.8 Å². The molecule has 0 spiro atoms. The Morgan fingerprint density at radius 3 is 2.15 bits per heavy atom. The monoisotopic (exact) mass is 524 g/mol. The highest BCUT2D eigenvalue weighted by molar-refractivity contribution is 5.48. The smallest absolute Gasteiger partial charge is 0.330 e. The summed E-state index contributed by atoms with van der Waals surface area (Å²) in [4.78, 5) is 26.6. The van der Waals surface area contributed by atoms with Gasteiger partial charge in [-0.1, -0.05) is 78.7 Å². The van der Waals surface area contributed by atoms with E-state index < -0.39 is 35.3 Å². The van der Waals surface area contributed by atoms with Crippen molar-refractivity contribution in [3.63, 3.8) is 0 Å². The number of benzene rings is 3. The Labute approximate surface area is 225 Å². The summed E-state index contributed by atoms with van der Waals surface area (Å²) in [6, 6.07) is 27.3. The van der Waals surface area contributed by atoms with E-state index in [0.29, 0.717) is 5.75 Å². The Morgan fingerprint density at radius 1 is 1.00 bits per heavy atom. The van der Waals surface area contributed by atoms with Crippen LogP contribution < -0.4 is 16.0 Å². The quantitative estimate of drug-likeness (QED) is 0.271. The average Bonchev–Trinajstić information content (AvgIpc) is 3.34. The van der Waals surface area contributed by atoms with E-state index in [4.69, 9.17) is 20.6 Å². The van der Waals surface area contributed by atoms with Gasteiger partial charge in [0.05, 0.1) is 19.8 Å². The Balaban J connectivity index is 1.52. The number of aliphatic hydroxyl groups is 1. The highest BCUT2D eigenvalue weighted by Gasteiger charge is 2.42. The molecule has 1 saturated heterocycles. The molecule has 4 aromatic rings. The third-order valence-electron chi connectivity index (χ3n) is 6.96. The van der Waals surface area contributed by atoms with Gasteiger partial charge in [-0.15, -0.1) is 6.42 Å². The first-order valence-corrected chi connectivity index (χ1v) is 12.5. The molecule has 198 valence electrons. The van der Waals surface area contributed by atoms with Crippen LogP contribution in [0.2, 0.25) is 0 Å². The van der Waals surface area contributed by atoms with Crippen LogP contribution in [0.15, 0.2) is 101 Å². The minimum atomic E-state index is -1.04. The summed E-state index contributed by atoms with van der Waals surface area (Å²) < 4.78 is 19.5. The second-order valence-electron chi connectivity index (χ2n) is 9.24. The number of hydrogen-bond donors (Lipinski definition) is 2. The van der Waals surface area contributed by atoms with Crippen LogP contribution in [-0.4, -0.2) is 40.6 Å². The Morgan fingerprint density at radius 2 is 1.59 bits per heavy atom. The molecule has 0 saturated carbocycles. The zero-order valence-electron chi connectivity index (χ0n) is 21.3. The van der Waals surface area contributed by atoms with Gasteiger partial charge in [0, 0.05) is 12.6 Å². The van der Waals surface area contributed by atoms with Crippen molar-refractivity contribution in [1.29, 1.82) is 0 Å². The number of aromatic amines is 1. The van der Waals surface area contributed by atoms with E-state index in [-0.39, 0.29) is 18.6 Å². The predicted molar refractivity (Wildman–Crippen MR) is 146 cm³/mol. The zero-order chi connectivity index (χ0) is 27.4. The summed E-state index contributed by atoms with van der Waals surface area (Å²) in [5.41, 5.74) is 0.286. The van der Waals surface area contributed by atoms with E-state index in [0.717, 1.165) is 16.7 Å². The van der Waals surface area contributed by atoms with Crippen LogP contribution >= 0.6 is 0 Å². The number of nitrogens with one attached hydrogen (secondary N) is 1. The fourth-order valence-electron chi connectivity index (χ4n) is 4.97. The molecule has 3 aromatic carbocycles. The molecule has 2 heterocycles. The highest BCUT2D eigenvalue weighted by Crippen LogP contribution is 2.42. The second-order valence-corrected chi connectivity index (χ2v) is 9.24. The van der Waals surface area contributed by atoms with Crippen LogP contribution in [0.5, 0.6) is 5.75 Å². The van der Waals surface area contributed by atoms with E-state index >= 15 is 0 Å². The van der Waals surface area contributed by atoms with Crippen molar-refractivity contribution in [2.45, 2.75) is 30.5 Å². The van der Waals surface area contributed by atoms with Gasteiger partial charge in [0.1, 0.15) is 29.2 Å². The van der Waals surface area contributed by atoms with Crippen molar-refractivity contribution in [2.75, 3.05) is 13.7 Å². The van der Waals surface area contributed by atoms with Gasteiger partial charge >= 0.3 is 5.69 Å². The standard InChI is InChI=1S/C31H28N2O6/c1-3-21-19-33(30(36)32-29(21)35)28-18-26(34)27(39-28)20-38-31(22-10-6-4-7-11-22,23-12-8-5-9-13-23)24-14-16-25(37-2)17-15-24/h1,4-17,19,26-28,34H,18,20H2,2H3,(H,32,35,36)/t26-,27-,28-/m1/s1. The summed E-state index contributed by atoms with van der Waals surface area (Å²) in [6.45, 7) is 0.00752. The lowest BCUT2D eigenvalue weighted by Crippen LogP contribution is -2.38. The molecule has 1 aliphatic heterocycles. The molecule has 0 bridgehead atoms. The van der Waals surface area contributed by atoms with Crippen molar-refractivity contribution < 1.29 is 19.3 Å². The first-order valence-electron chi connectivity index (χ1n) is 12.5. The van der Waals surface area contributed by atoms with Gasteiger partial charge in [0.15, 0.2) is 0 Å². The summed E-state index contributed by atoms with van der Waals surface area (Å²) >= 11 is 0. The molecule has 8 heteroatoms. The van der Waals surface area contributed by atoms with Crippen LogP contribution in [0.3, 0.4) is 0 Å². The number of rotatable bonds is 8. The minimum absolute atomic E-state index is 0.000863. The maximum Gasteiger partial charge on any atom is 0.330 e. The number of ether oxygens (including phenoxy) is 3. The van der Waals surface area contributed by atoms with Crippen LogP contribution in [0.4, 0.5) is 0 Å². The normalized spacial score (nSPS) is 18.9. The fraction of sp³-hybridized carbons (Fsp3) is 0.226. The number of aromatic nitrogens is 2. The number of hydrogen-bond acceptors (Lipinski definition) is 6. The van der Waals surface area contributed by atoms with Crippen molar-refractivity contribution in [2.24, 2.45) is 0 Å². The predicted octanol–water partition coefficient (Wildman–Crippen LogP) is 3.18. The third-order valence-corrected chi connectivity index (χ3v) is 6.96. The molecule has 0 radical (unpaired) electrons. The summed E-state index contributed by atoms with van der Waals surface area (Å²) in [5, 5.41) is 10.9. The lowest BCUT2D eigenvalue weighted by atomic mass is 9.80.